The van der Waals surface area contributed by atoms with Crippen molar-refractivity contribution in [3.8, 4) is 6.07 Å². The normalized spacial score (nSPS) is 12.1. The molecule has 1 rings (SSSR count). The first-order valence-corrected chi connectivity index (χ1v) is 6.53. The van der Waals surface area contributed by atoms with E-state index in [9.17, 15) is 0 Å². The number of benzene rings is 1. The summed E-state index contributed by atoms with van der Waals surface area (Å²) in [5.41, 5.74) is 1.31. The first-order chi connectivity index (χ1) is 7.77. The van der Waals surface area contributed by atoms with Gasteiger partial charge in [0.05, 0.1) is 6.07 Å². The molecule has 0 heterocycles. The highest BCUT2D eigenvalue weighted by Gasteiger charge is 2.01. The van der Waals surface area contributed by atoms with Gasteiger partial charge in [0.15, 0.2) is 0 Å². The molecule has 0 bridgehead atoms. The second-order valence-corrected chi connectivity index (χ2v) is 4.86. The van der Waals surface area contributed by atoms with E-state index in [0.717, 1.165) is 12.2 Å². The Morgan fingerprint density at radius 1 is 1.38 bits per heavy atom. The van der Waals surface area contributed by atoms with Crippen molar-refractivity contribution < 1.29 is 0 Å². The summed E-state index contributed by atoms with van der Waals surface area (Å²) in [6.45, 7) is 2.15. The van der Waals surface area contributed by atoms with E-state index in [1.54, 1.807) is 0 Å². The Hall–Kier alpha value is -0.980. The van der Waals surface area contributed by atoms with Crippen LogP contribution in [0, 0.1) is 11.3 Å². The van der Waals surface area contributed by atoms with Crippen LogP contribution in [-0.4, -0.2) is 12.8 Å². The van der Waals surface area contributed by atoms with Crippen LogP contribution >= 0.6 is 11.8 Å². The number of rotatable bonds is 6. The van der Waals surface area contributed by atoms with Gasteiger partial charge in [0.1, 0.15) is 0 Å². The van der Waals surface area contributed by atoms with E-state index in [1.165, 1.54) is 10.5 Å². The second-order valence-electron chi connectivity index (χ2n) is 3.69. The van der Waals surface area contributed by atoms with Crippen molar-refractivity contribution in [1.29, 1.82) is 5.26 Å². The van der Waals surface area contributed by atoms with Crippen molar-refractivity contribution in [2.45, 2.75) is 30.7 Å². The number of nitrogens with zero attached hydrogens (tertiary/aromatic N) is 1. The maximum absolute atomic E-state index is 8.42. The van der Waals surface area contributed by atoms with Crippen molar-refractivity contribution in [1.82, 2.24) is 5.32 Å². The molecule has 0 aliphatic rings. The Morgan fingerprint density at radius 3 is 2.62 bits per heavy atom. The van der Waals surface area contributed by atoms with Crippen LogP contribution in [0.3, 0.4) is 0 Å². The molecule has 0 aliphatic heterocycles. The van der Waals surface area contributed by atoms with Crippen molar-refractivity contribution in [2.75, 3.05) is 12.8 Å². The lowest BCUT2D eigenvalue weighted by molar-refractivity contribution is 0.652. The zero-order valence-corrected chi connectivity index (χ0v) is 10.7. The smallest absolute Gasteiger partial charge is 0.0622 e. The fraction of sp³-hybridized carbons (Fsp3) is 0.462. The minimum Gasteiger partial charge on any atom is -0.313 e. The van der Waals surface area contributed by atoms with Gasteiger partial charge in [0, 0.05) is 17.4 Å². The molecule has 86 valence electrons. The fourth-order valence-electron chi connectivity index (χ4n) is 1.36. The standard InChI is InChI=1S/C13H18N2S/c1-11(15-2)12-5-7-13(8-6-12)16-10-4-3-9-14/h5-8,11,15H,3-4,10H2,1-2H3. The molecule has 1 N–H and O–H groups in total. The van der Waals surface area contributed by atoms with Crippen LogP contribution in [0.15, 0.2) is 29.2 Å². The summed E-state index contributed by atoms with van der Waals surface area (Å²) in [7, 11) is 1.97. The molecule has 0 fully saturated rings. The minimum absolute atomic E-state index is 0.401. The van der Waals surface area contributed by atoms with Crippen molar-refractivity contribution in [3.05, 3.63) is 29.8 Å². The third kappa shape index (κ3) is 4.26. The van der Waals surface area contributed by atoms with Gasteiger partial charge in [0.2, 0.25) is 0 Å². The molecule has 0 saturated carbocycles. The average molecular weight is 234 g/mol. The van der Waals surface area contributed by atoms with E-state index in [2.05, 4.69) is 42.6 Å². The minimum atomic E-state index is 0.401. The Morgan fingerprint density at radius 2 is 2.06 bits per heavy atom. The van der Waals surface area contributed by atoms with Crippen LogP contribution in [0.25, 0.3) is 0 Å². The van der Waals surface area contributed by atoms with Gasteiger partial charge in [-0.15, -0.1) is 11.8 Å². The number of hydrogen-bond donors (Lipinski definition) is 1. The molecule has 1 unspecified atom stereocenters. The summed E-state index contributed by atoms with van der Waals surface area (Å²) in [6.07, 6.45) is 1.62. The Bertz CT molecular complexity index is 340. The summed E-state index contributed by atoms with van der Waals surface area (Å²) in [5, 5.41) is 11.6. The lowest BCUT2D eigenvalue weighted by atomic mass is 10.1. The van der Waals surface area contributed by atoms with Crippen LogP contribution in [0.2, 0.25) is 0 Å². The molecule has 0 aliphatic carbocycles. The largest absolute Gasteiger partial charge is 0.313 e. The lowest BCUT2D eigenvalue weighted by Gasteiger charge is -2.10. The molecule has 0 radical (unpaired) electrons. The highest BCUT2D eigenvalue weighted by atomic mass is 32.2. The lowest BCUT2D eigenvalue weighted by Crippen LogP contribution is -2.11. The summed E-state index contributed by atoms with van der Waals surface area (Å²) in [5.74, 6) is 1.02. The molecule has 0 saturated heterocycles. The molecule has 0 amide bonds. The number of nitriles is 1. The highest BCUT2D eigenvalue weighted by molar-refractivity contribution is 7.99. The van der Waals surface area contributed by atoms with E-state index >= 15 is 0 Å². The van der Waals surface area contributed by atoms with Gasteiger partial charge in [-0.2, -0.15) is 5.26 Å². The summed E-state index contributed by atoms with van der Waals surface area (Å²) < 4.78 is 0. The summed E-state index contributed by atoms with van der Waals surface area (Å²) in [6, 6.07) is 11.2. The van der Waals surface area contributed by atoms with Gasteiger partial charge in [-0.3, -0.25) is 0 Å². The molecule has 3 heteroatoms. The fourth-order valence-corrected chi connectivity index (χ4v) is 2.21. The molecule has 2 nitrogen and oxygen atoms in total. The van der Waals surface area contributed by atoms with E-state index in [1.807, 2.05) is 18.8 Å². The molecular formula is C13H18N2S. The molecule has 1 aromatic carbocycles. The van der Waals surface area contributed by atoms with Crippen molar-refractivity contribution >= 4 is 11.8 Å². The van der Waals surface area contributed by atoms with Crippen LogP contribution in [0.1, 0.15) is 31.4 Å². The van der Waals surface area contributed by atoms with E-state index in [-0.39, 0.29) is 0 Å². The van der Waals surface area contributed by atoms with Crippen LogP contribution in [0.5, 0.6) is 0 Å². The third-order valence-electron chi connectivity index (χ3n) is 2.51. The van der Waals surface area contributed by atoms with Gasteiger partial charge >= 0.3 is 0 Å². The summed E-state index contributed by atoms with van der Waals surface area (Å²) in [4.78, 5) is 1.28. The van der Waals surface area contributed by atoms with Crippen LogP contribution in [-0.2, 0) is 0 Å². The monoisotopic (exact) mass is 234 g/mol. The van der Waals surface area contributed by atoms with Crippen LogP contribution < -0.4 is 5.32 Å². The van der Waals surface area contributed by atoms with Gasteiger partial charge in [-0.25, -0.2) is 0 Å². The number of nitrogens with one attached hydrogen (secondary N) is 1. The quantitative estimate of drug-likeness (QED) is 0.605. The van der Waals surface area contributed by atoms with Gasteiger partial charge in [-0.05, 0) is 43.8 Å². The molecule has 1 atom stereocenters. The van der Waals surface area contributed by atoms with E-state index < -0.39 is 0 Å². The SMILES string of the molecule is CNC(C)c1ccc(SCCCC#N)cc1. The Labute approximate surface area is 102 Å². The zero-order valence-electron chi connectivity index (χ0n) is 9.86. The molecular weight excluding hydrogens is 216 g/mol. The Balaban J connectivity index is 2.43. The maximum Gasteiger partial charge on any atom is 0.0622 e. The third-order valence-corrected chi connectivity index (χ3v) is 3.61. The predicted octanol–water partition coefficient (Wildman–Crippen LogP) is 3.36. The molecule has 0 spiro atoms. The number of thioether (sulfide) groups is 1. The van der Waals surface area contributed by atoms with E-state index in [0.29, 0.717) is 12.5 Å². The van der Waals surface area contributed by atoms with Gasteiger partial charge in [-0.1, -0.05) is 12.1 Å². The first kappa shape index (κ1) is 13.1. The Kier molecular flexibility index (Phi) is 5.99. The second kappa shape index (κ2) is 7.32. The van der Waals surface area contributed by atoms with E-state index in [4.69, 9.17) is 5.26 Å². The van der Waals surface area contributed by atoms with Gasteiger partial charge < -0.3 is 5.32 Å². The maximum atomic E-state index is 8.42. The highest BCUT2D eigenvalue weighted by Crippen LogP contribution is 2.21. The predicted molar refractivity (Wildman–Crippen MR) is 69.5 cm³/mol. The zero-order chi connectivity index (χ0) is 11.8. The summed E-state index contributed by atoms with van der Waals surface area (Å²) >= 11 is 1.82. The molecule has 0 aromatic heterocycles. The number of hydrogen-bond acceptors (Lipinski definition) is 3. The van der Waals surface area contributed by atoms with Gasteiger partial charge in [0.25, 0.3) is 0 Å². The topological polar surface area (TPSA) is 35.8 Å². The van der Waals surface area contributed by atoms with Crippen LogP contribution in [0.4, 0.5) is 0 Å². The number of unbranched alkanes of at least 4 members (excludes halogenated alkanes) is 1. The average Bonchev–Trinajstić information content (AvgIpc) is 2.34. The molecule has 16 heavy (non-hydrogen) atoms. The molecule has 1 aromatic rings. The van der Waals surface area contributed by atoms with Crippen molar-refractivity contribution in [2.24, 2.45) is 0 Å². The first-order valence-electron chi connectivity index (χ1n) is 5.55. The van der Waals surface area contributed by atoms with Crippen molar-refractivity contribution in [3.63, 3.8) is 0 Å².